The van der Waals surface area contributed by atoms with Crippen molar-refractivity contribution in [3.8, 4) is 11.6 Å². The van der Waals surface area contributed by atoms with E-state index >= 15 is 0 Å². The lowest BCUT2D eigenvalue weighted by Gasteiger charge is -2.29. The predicted molar refractivity (Wildman–Crippen MR) is 159 cm³/mol. The first-order valence-corrected chi connectivity index (χ1v) is 14.0. The number of rotatable bonds is 6. The van der Waals surface area contributed by atoms with Gasteiger partial charge in [-0.25, -0.2) is 19.8 Å². The Kier molecular flexibility index (Phi) is 7.02. The summed E-state index contributed by atoms with van der Waals surface area (Å²) in [5, 5.41) is 6.61. The van der Waals surface area contributed by atoms with Crippen LogP contribution < -0.4 is 20.3 Å². The smallest absolute Gasteiger partial charge is 0.331 e. The Hall–Kier alpha value is -4.90. The van der Waals surface area contributed by atoms with E-state index in [1.54, 1.807) is 24.5 Å². The highest BCUT2D eigenvalue weighted by atomic mass is 32.1. The SMILES string of the molecule is C=CC(=O)/N=C1\CCCC[C@H]1NC(=O)c1sc2nccc3c2c1NC(=O)N3c1cnc(Oc2ccccc2)cc1C. The maximum Gasteiger partial charge on any atom is 0.331 e. The molecule has 0 spiro atoms. The Balaban J connectivity index is 1.32. The number of benzene rings is 1. The number of thiophene rings is 1. The second kappa shape index (κ2) is 10.9. The molecule has 1 atom stereocenters. The number of para-hydroxylation sites is 1. The van der Waals surface area contributed by atoms with Crippen LogP contribution in [0.3, 0.4) is 0 Å². The van der Waals surface area contributed by atoms with Crippen molar-refractivity contribution in [2.24, 2.45) is 4.99 Å². The van der Waals surface area contributed by atoms with Crippen LogP contribution in [0.25, 0.3) is 10.2 Å². The lowest BCUT2D eigenvalue weighted by Crippen LogP contribution is -2.43. The molecule has 2 N–H and O–H groups in total. The van der Waals surface area contributed by atoms with E-state index in [1.165, 1.54) is 16.2 Å². The van der Waals surface area contributed by atoms with Crippen molar-refractivity contribution in [1.29, 1.82) is 0 Å². The van der Waals surface area contributed by atoms with Gasteiger partial charge in [0.05, 0.1) is 34.7 Å². The predicted octanol–water partition coefficient (Wildman–Crippen LogP) is 6.30. The third kappa shape index (κ3) is 5.07. The number of aromatic nitrogens is 2. The molecule has 1 saturated carbocycles. The van der Waals surface area contributed by atoms with Gasteiger partial charge in [0.15, 0.2) is 0 Å². The number of ether oxygens (including phenoxy) is 1. The fourth-order valence-corrected chi connectivity index (χ4v) is 6.12. The molecule has 4 heterocycles. The van der Waals surface area contributed by atoms with E-state index in [9.17, 15) is 14.4 Å². The molecule has 4 amide bonds. The fraction of sp³-hybridized carbons (Fsp3) is 0.200. The number of hydrogen-bond donors (Lipinski definition) is 2. The van der Waals surface area contributed by atoms with Crippen LogP contribution in [0.2, 0.25) is 0 Å². The van der Waals surface area contributed by atoms with Crippen LogP contribution in [0.15, 0.2) is 72.5 Å². The summed E-state index contributed by atoms with van der Waals surface area (Å²) in [6.45, 7) is 5.36. The van der Waals surface area contributed by atoms with Crippen molar-refractivity contribution in [3.63, 3.8) is 0 Å². The molecule has 6 rings (SSSR count). The van der Waals surface area contributed by atoms with Crippen LogP contribution >= 0.6 is 11.3 Å². The van der Waals surface area contributed by atoms with Crippen molar-refractivity contribution in [3.05, 3.63) is 78.0 Å². The van der Waals surface area contributed by atoms with Gasteiger partial charge in [0.2, 0.25) is 5.88 Å². The lowest BCUT2D eigenvalue weighted by atomic mass is 9.93. The van der Waals surface area contributed by atoms with Crippen LogP contribution in [0.5, 0.6) is 11.6 Å². The van der Waals surface area contributed by atoms with Crippen molar-refractivity contribution < 1.29 is 19.1 Å². The third-order valence-electron chi connectivity index (χ3n) is 7.03. The summed E-state index contributed by atoms with van der Waals surface area (Å²) in [5.74, 6) is 0.286. The Bertz CT molecular complexity index is 1730. The fourth-order valence-electron chi connectivity index (χ4n) is 5.10. The summed E-state index contributed by atoms with van der Waals surface area (Å²) >= 11 is 1.20. The maximum atomic E-state index is 13.5. The van der Waals surface area contributed by atoms with Crippen molar-refractivity contribution >= 4 is 62.2 Å². The highest BCUT2D eigenvalue weighted by Gasteiger charge is 2.34. The molecule has 1 aromatic carbocycles. The molecular weight excluding hydrogens is 540 g/mol. The number of urea groups is 1. The summed E-state index contributed by atoms with van der Waals surface area (Å²) in [7, 11) is 0. The van der Waals surface area contributed by atoms with Gasteiger partial charge in [-0.15, -0.1) is 11.3 Å². The highest BCUT2D eigenvalue weighted by molar-refractivity contribution is 7.21. The van der Waals surface area contributed by atoms with Gasteiger partial charge >= 0.3 is 6.03 Å². The maximum absolute atomic E-state index is 13.5. The average Bonchev–Trinajstić information content (AvgIpc) is 3.35. The Morgan fingerprint density at radius 3 is 2.80 bits per heavy atom. The van der Waals surface area contributed by atoms with E-state index in [4.69, 9.17) is 4.74 Å². The van der Waals surface area contributed by atoms with Gasteiger partial charge in [-0.3, -0.25) is 14.5 Å². The van der Waals surface area contributed by atoms with E-state index in [0.29, 0.717) is 62.3 Å². The number of hydrogen-bond acceptors (Lipinski definition) is 7. The molecule has 41 heavy (non-hydrogen) atoms. The van der Waals surface area contributed by atoms with Crippen LogP contribution in [-0.4, -0.2) is 39.6 Å². The molecular formula is C30H26N6O4S. The monoisotopic (exact) mass is 566 g/mol. The van der Waals surface area contributed by atoms with Crippen LogP contribution in [0.4, 0.5) is 21.9 Å². The lowest BCUT2D eigenvalue weighted by molar-refractivity contribution is -0.113. The molecule has 0 bridgehead atoms. The minimum absolute atomic E-state index is 0.342. The zero-order valence-corrected chi connectivity index (χ0v) is 23.0. The van der Waals surface area contributed by atoms with E-state index in [0.717, 1.165) is 24.5 Å². The van der Waals surface area contributed by atoms with Gasteiger partial charge in [0, 0.05) is 18.0 Å². The summed E-state index contributed by atoms with van der Waals surface area (Å²) in [5.41, 5.74) is 3.01. The number of pyridine rings is 2. The van der Waals surface area contributed by atoms with Crippen molar-refractivity contribution in [2.75, 3.05) is 10.2 Å². The number of nitrogens with one attached hydrogen (secondary N) is 2. The molecule has 0 unspecified atom stereocenters. The summed E-state index contributed by atoms with van der Waals surface area (Å²) in [6.07, 6.45) is 7.49. The molecule has 0 saturated heterocycles. The van der Waals surface area contributed by atoms with Crippen LogP contribution in [0, 0.1) is 6.92 Å². The standard InChI is InChI=1S/C30H26N6O4S/c1-3-23(37)33-19-11-7-8-12-20(19)34-28(38)27-26-25-21(13-14-31-29(25)41-27)36(30(39)35-26)22-16-32-24(15-17(22)2)40-18-9-5-4-6-10-18/h3-6,9-10,13-16,20H,1,7-8,11-12H2,2H3,(H,34,38)(H,35,39)/b33-19+/t20-/m1/s1. The molecule has 11 heteroatoms. The van der Waals surface area contributed by atoms with Gasteiger partial charge in [-0.1, -0.05) is 31.2 Å². The number of aryl methyl sites for hydroxylation is 1. The molecule has 1 fully saturated rings. The number of carbonyl (C=O) groups excluding carboxylic acids is 3. The average molecular weight is 567 g/mol. The second-order valence-electron chi connectivity index (χ2n) is 9.72. The minimum Gasteiger partial charge on any atom is -0.439 e. The first-order chi connectivity index (χ1) is 19.9. The highest BCUT2D eigenvalue weighted by Crippen LogP contribution is 2.46. The summed E-state index contributed by atoms with van der Waals surface area (Å²) < 4.78 is 5.85. The molecule has 2 aliphatic rings. The Morgan fingerprint density at radius 2 is 2.02 bits per heavy atom. The van der Waals surface area contributed by atoms with Gasteiger partial charge in [0.1, 0.15) is 15.5 Å². The zero-order valence-electron chi connectivity index (χ0n) is 22.2. The summed E-state index contributed by atoms with van der Waals surface area (Å²) in [6, 6.07) is 12.1. The Labute approximate surface area is 239 Å². The molecule has 1 aliphatic heterocycles. The number of nitrogens with zero attached hydrogens (tertiary/aromatic N) is 4. The first kappa shape index (κ1) is 26.3. The number of carbonyl (C=O) groups is 3. The quantitative estimate of drug-likeness (QED) is 0.264. The molecule has 4 aromatic rings. The number of aliphatic imine (C=N–C) groups is 1. The second-order valence-corrected chi connectivity index (χ2v) is 10.7. The first-order valence-electron chi connectivity index (χ1n) is 13.2. The van der Waals surface area contributed by atoms with E-state index in [1.807, 2.05) is 37.3 Å². The van der Waals surface area contributed by atoms with Crippen LogP contribution in [-0.2, 0) is 4.79 Å². The zero-order chi connectivity index (χ0) is 28.5. The van der Waals surface area contributed by atoms with E-state index in [2.05, 4.69) is 32.2 Å². The van der Waals surface area contributed by atoms with Gasteiger partial charge in [-0.05, 0) is 56.0 Å². The van der Waals surface area contributed by atoms with Crippen molar-refractivity contribution in [2.45, 2.75) is 38.6 Å². The van der Waals surface area contributed by atoms with E-state index in [-0.39, 0.29) is 11.9 Å². The van der Waals surface area contributed by atoms with Crippen LogP contribution in [0.1, 0.15) is 40.9 Å². The summed E-state index contributed by atoms with van der Waals surface area (Å²) in [4.78, 5) is 54.5. The molecule has 1 aliphatic carbocycles. The largest absolute Gasteiger partial charge is 0.439 e. The van der Waals surface area contributed by atoms with Gasteiger partial charge in [-0.2, -0.15) is 0 Å². The number of anilines is 3. The third-order valence-corrected chi connectivity index (χ3v) is 8.12. The minimum atomic E-state index is -0.427. The molecule has 206 valence electrons. The van der Waals surface area contributed by atoms with E-state index < -0.39 is 11.9 Å². The van der Waals surface area contributed by atoms with Crippen molar-refractivity contribution in [1.82, 2.24) is 15.3 Å². The topological polar surface area (TPSA) is 126 Å². The van der Waals surface area contributed by atoms with Gasteiger partial charge < -0.3 is 15.4 Å². The van der Waals surface area contributed by atoms with Gasteiger partial charge in [0.25, 0.3) is 11.8 Å². The molecule has 10 nitrogen and oxygen atoms in total. The molecule has 3 aromatic heterocycles. The Morgan fingerprint density at radius 1 is 1.20 bits per heavy atom. The molecule has 0 radical (unpaired) electrons. The normalized spacial score (nSPS) is 17.3. The number of amides is 4.